The number of anilines is 1. The van der Waals surface area contributed by atoms with Crippen molar-refractivity contribution >= 4 is 23.1 Å². The van der Waals surface area contributed by atoms with Crippen LogP contribution >= 0.6 is 11.6 Å². The molecule has 0 spiro atoms. The summed E-state index contributed by atoms with van der Waals surface area (Å²) >= 11 is 6.43. The predicted octanol–water partition coefficient (Wildman–Crippen LogP) is 5.28. The number of halogens is 1. The SMILES string of the molecule is Cc1cc(NCc2ccccc2)n2nc(C)c(-c3ccccc3Cl)c2n1. The molecule has 4 aromatic rings. The Morgan fingerprint density at radius 2 is 1.73 bits per heavy atom. The molecule has 0 aliphatic heterocycles. The van der Waals surface area contributed by atoms with E-state index in [4.69, 9.17) is 21.7 Å². The van der Waals surface area contributed by atoms with Crippen LogP contribution in [0.15, 0.2) is 60.7 Å². The predicted molar refractivity (Wildman–Crippen MR) is 107 cm³/mol. The molecule has 4 rings (SSSR count). The highest BCUT2D eigenvalue weighted by molar-refractivity contribution is 6.33. The number of aryl methyl sites for hydroxylation is 2. The second-order valence-corrected chi connectivity index (χ2v) is 6.70. The molecule has 0 aliphatic rings. The Labute approximate surface area is 157 Å². The highest BCUT2D eigenvalue weighted by atomic mass is 35.5. The first-order valence-electron chi connectivity index (χ1n) is 8.53. The van der Waals surface area contributed by atoms with Crippen molar-refractivity contribution in [1.82, 2.24) is 14.6 Å². The number of hydrogen-bond donors (Lipinski definition) is 1. The molecule has 2 heterocycles. The summed E-state index contributed by atoms with van der Waals surface area (Å²) in [7, 11) is 0. The molecule has 0 atom stereocenters. The summed E-state index contributed by atoms with van der Waals surface area (Å²) in [4.78, 5) is 4.73. The van der Waals surface area contributed by atoms with Gasteiger partial charge in [-0.1, -0.05) is 60.1 Å². The molecule has 2 aromatic heterocycles. The summed E-state index contributed by atoms with van der Waals surface area (Å²) in [5, 5.41) is 8.90. The summed E-state index contributed by atoms with van der Waals surface area (Å²) in [6.07, 6.45) is 0. The van der Waals surface area contributed by atoms with E-state index in [2.05, 4.69) is 17.4 Å². The van der Waals surface area contributed by atoms with Gasteiger partial charge in [0.05, 0.1) is 11.3 Å². The van der Waals surface area contributed by atoms with E-state index >= 15 is 0 Å². The van der Waals surface area contributed by atoms with E-state index in [-0.39, 0.29) is 0 Å². The van der Waals surface area contributed by atoms with Crippen LogP contribution in [-0.4, -0.2) is 14.6 Å². The molecule has 0 saturated heterocycles. The van der Waals surface area contributed by atoms with Crippen LogP contribution in [0.3, 0.4) is 0 Å². The van der Waals surface area contributed by atoms with Gasteiger partial charge in [0, 0.05) is 28.9 Å². The summed E-state index contributed by atoms with van der Waals surface area (Å²) in [5.74, 6) is 0.915. The quantitative estimate of drug-likeness (QED) is 0.537. The van der Waals surface area contributed by atoms with Crippen LogP contribution in [-0.2, 0) is 6.54 Å². The summed E-state index contributed by atoms with van der Waals surface area (Å²) in [6.45, 7) is 4.70. The minimum absolute atomic E-state index is 0.701. The molecule has 0 unspecified atom stereocenters. The van der Waals surface area contributed by atoms with Crippen molar-refractivity contribution in [1.29, 1.82) is 0 Å². The van der Waals surface area contributed by atoms with Gasteiger partial charge in [0.15, 0.2) is 5.65 Å². The molecule has 2 aromatic carbocycles. The standard InChI is InChI=1S/C21H19ClN4/c1-14-12-19(23-13-16-8-4-3-5-9-16)26-21(24-14)20(15(2)25-26)17-10-6-7-11-18(17)22/h3-12,23H,13H2,1-2H3. The molecule has 26 heavy (non-hydrogen) atoms. The molecule has 0 radical (unpaired) electrons. The van der Waals surface area contributed by atoms with Crippen LogP contribution in [0.5, 0.6) is 0 Å². The lowest BCUT2D eigenvalue weighted by molar-refractivity contribution is 0.900. The van der Waals surface area contributed by atoms with Crippen molar-refractivity contribution in [2.75, 3.05) is 5.32 Å². The second-order valence-electron chi connectivity index (χ2n) is 6.30. The van der Waals surface area contributed by atoms with Crippen LogP contribution in [0, 0.1) is 13.8 Å². The Kier molecular flexibility index (Phi) is 4.35. The highest BCUT2D eigenvalue weighted by Crippen LogP contribution is 2.33. The maximum absolute atomic E-state index is 6.43. The summed E-state index contributed by atoms with van der Waals surface area (Å²) in [6, 6.07) is 20.1. The lowest BCUT2D eigenvalue weighted by Crippen LogP contribution is -2.06. The molecular formula is C21H19ClN4. The molecular weight excluding hydrogens is 344 g/mol. The zero-order valence-electron chi connectivity index (χ0n) is 14.7. The van der Waals surface area contributed by atoms with Gasteiger partial charge in [-0.05, 0) is 25.5 Å². The van der Waals surface area contributed by atoms with Crippen molar-refractivity contribution in [2.45, 2.75) is 20.4 Å². The lowest BCUT2D eigenvalue weighted by atomic mass is 10.1. The van der Waals surface area contributed by atoms with Gasteiger partial charge in [0.2, 0.25) is 0 Å². The Balaban J connectivity index is 1.81. The Bertz CT molecular complexity index is 1070. The number of nitrogens with one attached hydrogen (secondary N) is 1. The number of rotatable bonds is 4. The first-order valence-corrected chi connectivity index (χ1v) is 8.91. The van der Waals surface area contributed by atoms with Crippen molar-refractivity contribution in [3.63, 3.8) is 0 Å². The molecule has 0 aliphatic carbocycles. The van der Waals surface area contributed by atoms with Gasteiger partial charge < -0.3 is 5.32 Å². The van der Waals surface area contributed by atoms with E-state index in [1.54, 1.807) is 0 Å². The molecule has 5 heteroatoms. The minimum atomic E-state index is 0.701. The van der Waals surface area contributed by atoms with Crippen LogP contribution < -0.4 is 5.32 Å². The van der Waals surface area contributed by atoms with Gasteiger partial charge in [-0.25, -0.2) is 4.98 Å². The fourth-order valence-electron chi connectivity index (χ4n) is 3.14. The molecule has 4 nitrogen and oxygen atoms in total. The van der Waals surface area contributed by atoms with Crippen LogP contribution in [0.4, 0.5) is 5.82 Å². The largest absolute Gasteiger partial charge is 0.366 e. The average molecular weight is 363 g/mol. The molecule has 130 valence electrons. The number of nitrogens with zero attached hydrogens (tertiary/aromatic N) is 3. The Morgan fingerprint density at radius 3 is 2.50 bits per heavy atom. The summed E-state index contributed by atoms with van der Waals surface area (Å²) in [5.41, 5.74) is 5.78. The molecule has 0 bridgehead atoms. The second kappa shape index (κ2) is 6.81. The first-order chi connectivity index (χ1) is 12.6. The number of hydrogen-bond acceptors (Lipinski definition) is 3. The van der Waals surface area contributed by atoms with E-state index in [9.17, 15) is 0 Å². The topological polar surface area (TPSA) is 42.2 Å². The molecule has 0 saturated carbocycles. The van der Waals surface area contributed by atoms with Gasteiger partial charge in [0.1, 0.15) is 5.82 Å². The van der Waals surface area contributed by atoms with E-state index < -0.39 is 0 Å². The van der Waals surface area contributed by atoms with E-state index in [0.29, 0.717) is 5.02 Å². The number of aromatic nitrogens is 3. The van der Waals surface area contributed by atoms with E-state index in [1.165, 1.54) is 5.56 Å². The van der Waals surface area contributed by atoms with Gasteiger partial charge in [0.25, 0.3) is 0 Å². The third kappa shape index (κ3) is 3.04. The third-order valence-electron chi connectivity index (χ3n) is 4.35. The first kappa shape index (κ1) is 16.6. The zero-order chi connectivity index (χ0) is 18.1. The van der Waals surface area contributed by atoms with E-state index in [0.717, 1.165) is 40.5 Å². The minimum Gasteiger partial charge on any atom is -0.366 e. The molecule has 0 fully saturated rings. The number of benzene rings is 2. The maximum Gasteiger partial charge on any atom is 0.165 e. The fraction of sp³-hybridized carbons (Fsp3) is 0.143. The molecule has 1 N–H and O–H groups in total. The van der Waals surface area contributed by atoms with Crippen molar-refractivity contribution in [3.8, 4) is 11.1 Å². The maximum atomic E-state index is 6.43. The van der Waals surface area contributed by atoms with Crippen LogP contribution in [0.2, 0.25) is 5.02 Å². The fourth-order valence-corrected chi connectivity index (χ4v) is 3.37. The Hall–Kier alpha value is -2.85. The van der Waals surface area contributed by atoms with Crippen LogP contribution in [0.25, 0.3) is 16.8 Å². The highest BCUT2D eigenvalue weighted by Gasteiger charge is 2.17. The normalized spacial score (nSPS) is 11.0. The summed E-state index contributed by atoms with van der Waals surface area (Å²) < 4.78 is 1.87. The lowest BCUT2D eigenvalue weighted by Gasteiger charge is -2.10. The number of fused-ring (bicyclic) bond motifs is 1. The third-order valence-corrected chi connectivity index (χ3v) is 4.68. The monoisotopic (exact) mass is 362 g/mol. The van der Waals surface area contributed by atoms with Gasteiger partial charge in [-0.15, -0.1) is 0 Å². The van der Waals surface area contributed by atoms with Gasteiger partial charge in [-0.3, -0.25) is 0 Å². The smallest absolute Gasteiger partial charge is 0.165 e. The average Bonchev–Trinajstić information content (AvgIpc) is 2.97. The van der Waals surface area contributed by atoms with Gasteiger partial charge in [-0.2, -0.15) is 9.61 Å². The zero-order valence-corrected chi connectivity index (χ0v) is 15.5. The van der Waals surface area contributed by atoms with Crippen molar-refractivity contribution in [3.05, 3.63) is 82.6 Å². The van der Waals surface area contributed by atoms with Crippen molar-refractivity contribution < 1.29 is 0 Å². The van der Waals surface area contributed by atoms with E-state index in [1.807, 2.05) is 66.9 Å². The van der Waals surface area contributed by atoms with Gasteiger partial charge >= 0.3 is 0 Å². The Morgan fingerprint density at radius 1 is 1.00 bits per heavy atom. The molecule has 0 amide bonds. The van der Waals surface area contributed by atoms with Crippen molar-refractivity contribution in [2.24, 2.45) is 0 Å². The van der Waals surface area contributed by atoms with Crippen LogP contribution in [0.1, 0.15) is 17.0 Å².